The van der Waals surface area contributed by atoms with Crippen molar-refractivity contribution in [2.45, 2.75) is 44.9 Å². The average molecular weight is 182 g/mol. The van der Waals surface area contributed by atoms with Crippen LogP contribution < -0.4 is 0 Å². The molecule has 1 saturated carbocycles. The zero-order valence-corrected chi connectivity index (χ0v) is 9.93. The van der Waals surface area contributed by atoms with Crippen LogP contribution in [0.2, 0.25) is 25.2 Å². The number of allylic oxidation sites excluding steroid dienone is 1. The molecular formula is C11H22Si. The Labute approximate surface area is 78.1 Å². The molecule has 0 bridgehead atoms. The van der Waals surface area contributed by atoms with E-state index in [0.29, 0.717) is 0 Å². The lowest BCUT2D eigenvalue weighted by molar-refractivity contribution is 0.497. The molecule has 70 valence electrons. The molecule has 0 aromatic carbocycles. The summed E-state index contributed by atoms with van der Waals surface area (Å²) in [4.78, 5) is 0. The standard InChI is InChI=1S/C11H22Si/c1-6-10-7-8-11(9(10)2)12(3,4)5/h6,9-11H,1,7-8H2,2-5H3. The summed E-state index contributed by atoms with van der Waals surface area (Å²) in [6.45, 7) is 13.8. The van der Waals surface area contributed by atoms with Crippen LogP contribution in [0, 0.1) is 11.8 Å². The quantitative estimate of drug-likeness (QED) is 0.448. The SMILES string of the molecule is C=CC1CCC([Si](C)(C)C)C1C. The van der Waals surface area contributed by atoms with Crippen molar-refractivity contribution in [3.63, 3.8) is 0 Å². The van der Waals surface area contributed by atoms with Gasteiger partial charge in [0.05, 0.1) is 0 Å². The summed E-state index contributed by atoms with van der Waals surface area (Å²) in [6.07, 6.45) is 5.01. The molecule has 0 nitrogen and oxygen atoms in total. The topological polar surface area (TPSA) is 0 Å². The van der Waals surface area contributed by atoms with Gasteiger partial charge in [0.25, 0.3) is 0 Å². The Morgan fingerprint density at radius 3 is 2.08 bits per heavy atom. The highest BCUT2D eigenvalue weighted by Gasteiger charge is 2.38. The summed E-state index contributed by atoms with van der Waals surface area (Å²) >= 11 is 0. The van der Waals surface area contributed by atoms with Gasteiger partial charge in [-0.2, -0.15) is 0 Å². The lowest BCUT2D eigenvalue weighted by Crippen LogP contribution is -2.30. The van der Waals surface area contributed by atoms with Crippen LogP contribution in [0.3, 0.4) is 0 Å². The highest BCUT2D eigenvalue weighted by molar-refractivity contribution is 6.77. The molecule has 3 atom stereocenters. The van der Waals surface area contributed by atoms with Crippen molar-refractivity contribution in [1.82, 2.24) is 0 Å². The molecule has 0 radical (unpaired) electrons. The zero-order chi connectivity index (χ0) is 9.35. The van der Waals surface area contributed by atoms with Crippen LogP contribution >= 0.6 is 0 Å². The van der Waals surface area contributed by atoms with Crippen LogP contribution in [0.1, 0.15) is 19.8 Å². The molecule has 1 aliphatic rings. The van der Waals surface area contributed by atoms with Crippen molar-refractivity contribution in [3.8, 4) is 0 Å². The van der Waals surface area contributed by atoms with Crippen LogP contribution in [0.25, 0.3) is 0 Å². The van der Waals surface area contributed by atoms with Crippen LogP contribution in [0.15, 0.2) is 12.7 Å². The summed E-state index contributed by atoms with van der Waals surface area (Å²) in [7, 11) is -0.893. The second-order valence-electron chi connectivity index (χ2n) is 5.31. The van der Waals surface area contributed by atoms with Gasteiger partial charge in [-0.1, -0.05) is 39.1 Å². The molecule has 0 aromatic rings. The third-order valence-electron chi connectivity index (χ3n) is 3.54. The Balaban J connectivity index is 2.66. The van der Waals surface area contributed by atoms with Gasteiger partial charge in [-0.05, 0) is 23.8 Å². The molecule has 0 amide bonds. The normalized spacial score (nSPS) is 36.8. The second kappa shape index (κ2) is 3.37. The smallest absolute Gasteiger partial charge is 0.0476 e. The van der Waals surface area contributed by atoms with Gasteiger partial charge in [-0.15, -0.1) is 6.58 Å². The first-order valence-electron chi connectivity index (χ1n) is 5.09. The van der Waals surface area contributed by atoms with E-state index in [4.69, 9.17) is 0 Å². The fourth-order valence-corrected chi connectivity index (χ4v) is 5.61. The molecule has 0 heterocycles. The van der Waals surface area contributed by atoms with E-state index in [1.165, 1.54) is 12.8 Å². The summed E-state index contributed by atoms with van der Waals surface area (Å²) in [6, 6.07) is 0. The van der Waals surface area contributed by atoms with Gasteiger partial charge in [0.2, 0.25) is 0 Å². The van der Waals surface area contributed by atoms with E-state index >= 15 is 0 Å². The Kier molecular flexibility index (Phi) is 2.82. The van der Waals surface area contributed by atoms with Crippen molar-refractivity contribution < 1.29 is 0 Å². The third kappa shape index (κ3) is 1.82. The lowest BCUT2D eigenvalue weighted by atomic mass is 9.98. The third-order valence-corrected chi connectivity index (χ3v) is 6.58. The predicted molar refractivity (Wildman–Crippen MR) is 59.2 cm³/mol. The highest BCUT2D eigenvalue weighted by atomic mass is 28.3. The Morgan fingerprint density at radius 1 is 1.25 bits per heavy atom. The van der Waals surface area contributed by atoms with Gasteiger partial charge in [0.15, 0.2) is 0 Å². The van der Waals surface area contributed by atoms with Gasteiger partial charge >= 0.3 is 0 Å². The maximum absolute atomic E-state index is 3.93. The first-order valence-corrected chi connectivity index (χ1v) is 8.67. The first kappa shape index (κ1) is 10.0. The van der Waals surface area contributed by atoms with E-state index in [2.05, 4.69) is 39.2 Å². The zero-order valence-electron chi connectivity index (χ0n) is 8.93. The average Bonchev–Trinajstić information content (AvgIpc) is 2.29. The molecule has 1 aliphatic carbocycles. The monoisotopic (exact) mass is 182 g/mol. The van der Waals surface area contributed by atoms with Gasteiger partial charge < -0.3 is 0 Å². The summed E-state index contributed by atoms with van der Waals surface area (Å²) in [5.41, 5.74) is 1.03. The van der Waals surface area contributed by atoms with Gasteiger partial charge in [-0.25, -0.2) is 0 Å². The molecule has 1 fully saturated rings. The molecule has 1 heteroatoms. The van der Waals surface area contributed by atoms with E-state index in [1.807, 2.05) is 0 Å². The Bertz CT molecular complexity index is 166. The first-order chi connectivity index (χ1) is 5.46. The van der Waals surface area contributed by atoms with Gasteiger partial charge in [0, 0.05) is 8.07 Å². The molecular weight excluding hydrogens is 160 g/mol. The van der Waals surface area contributed by atoms with E-state index in [9.17, 15) is 0 Å². The van der Waals surface area contributed by atoms with Gasteiger partial charge in [-0.3, -0.25) is 0 Å². The predicted octanol–water partition coefficient (Wildman–Crippen LogP) is 3.93. The molecule has 0 saturated heterocycles. The summed E-state index contributed by atoms with van der Waals surface area (Å²) in [5.74, 6) is 1.70. The van der Waals surface area contributed by atoms with Crippen molar-refractivity contribution in [1.29, 1.82) is 0 Å². The van der Waals surface area contributed by atoms with E-state index < -0.39 is 8.07 Å². The maximum atomic E-state index is 3.93. The van der Waals surface area contributed by atoms with Crippen molar-refractivity contribution >= 4 is 8.07 Å². The summed E-state index contributed by atoms with van der Waals surface area (Å²) < 4.78 is 0. The largest absolute Gasteiger partial charge is 0.103 e. The number of hydrogen-bond acceptors (Lipinski definition) is 0. The van der Waals surface area contributed by atoms with Crippen LogP contribution in [-0.4, -0.2) is 8.07 Å². The Morgan fingerprint density at radius 2 is 1.83 bits per heavy atom. The molecule has 3 unspecified atom stereocenters. The minimum absolute atomic E-state index is 0.807. The van der Waals surface area contributed by atoms with E-state index in [1.54, 1.807) is 0 Å². The minimum Gasteiger partial charge on any atom is -0.103 e. The maximum Gasteiger partial charge on any atom is 0.0476 e. The fraction of sp³-hybridized carbons (Fsp3) is 0.818. The molecule has 12 heavy (non-hydrogen) atoms. The van der Waals surface area contributed by atoms with E-state index in [-0.39, 0.29) is 0 Å². The molecule has 0 aromatic heterocycles. The van der Waals surface area contributed by atoms with Crippen LogP contribution in [-0.2, 0) is 0 Å². The van der Waals surface area contributed by atoms with Crippen molar-refractivity contribution in [3.05, 3.63) is 12.7 Å². The fourth-order valence-electron chi connectivity index (χ4n) is 2.75. The van der Waals surface area contributed by atoms with Crippen LogP contribution in [0.4, 0.5) is 0 Å². The number of rotatable bonds is 2. The van der Waals surface area contributed by atoms with E-state index in [0.717, 1.165) is 17.4 Å². The lowest BCUT2D eigenvalue weighted by Gasteiger charge is -2.29. The van der Waals surface area contributed by atoms with Crippen molar-refractivity contribution in [2.75, 3.05) is 0 Å². The van der Waals surface area contributed by atoms with Gasteiger partial charge in [0.1, 0.15) is 0 Å². The second-order valence-corrected chi connectivity index (χ2v) is 10.8. The van der Waals surface area contributed by atoms with Crippen molar-refractivity contribution in [2.24, 2.45) is 11.8 Å². The van der Waals surface area contributed by atoms with Crippen LogP contribution in [0.5, 0.6) is 0 Å². The Hall–Kier alpha value is -0.0431. The minimum atomic E-state index is -0.893. The highest BCUT2D eigenvalue weighted by Crippen LogP contribution is 2.46. The molecule has 1 rings (SSSR count). The molecule has 0 spiro atoms. The molecule has 0 N–H and O–H groups in total. The molecule has 0 aliphatic heterocycles. The number of hydrogen-bond donors (Lipinski definition) is 0. The summed E-state index contributed by atoms with van der Waals surface area (Å²) in [5, 5.41) is 0.